The molecule has 1 N–H and O–H groups in total. The van der Waals surface area contributed by atoms with E-state index in [0.29, 0.717) is 44.5 Å². The molecule has 1 aliphatic heterocycles. The zero-order valence-electron chi connectivity index (χ0n) is 15.5. The van der Waals surface area contributed by atoms with Gasteiger partial charge in [-0.1, -0.05) is 11.6 Å². The van der Waals surface area contributed by atoms with Crippen molar-refractivity contribution in [3.63, 3.8) is 0 Å². The molecule has 0 aromatic carbocycles. The average Bonchev–Trinajstić information content (AvgIpc) is 2.86. The van der Waals surface area contributed by atoms with Crippen LogP contribution in [0.25, 0.3) is 0 Å². The molecule has 0 saturated carbocycles. The third-order valence-corrected chi connectivity index (χ3v) is 4.74. The van der Waals surface area contributed by atoms with Crippen LogP contribution in [-0.2, 0) is 9.59 Å². The number of aliphatic carboxylic acids is 1. The number of pyridine rings is 1. The maximum atomic E-state index is 12.8. The molecule has 9 heteroatoms. The predicted molar refractivity (Wildman–Crippen MR) is 99.0 cm³/mol. The number of hydrogen-bond acceptors (Lipinski definition) is 5. The van der Waals surface area contributed by atoms with E-state index in [2.05, 4.69) is 4.98 Å². The topological polar surface area (TPSA) is 100 Å². The van der Waals surface area contributed by atoms with Crippen molar-refractivity contribution in [2.24, 2.45) is 0 Å². The Balaban J connectivity index is 2.06. The second-order valence-corrected chi connectivity index (χ2v) is 6.77. The summed E-state index contributed by atoms with van der Waals surface area (Å²) in [5.74, 6) is -1.22. The molecule has 1 aromatic rings. The quantitative estimate of drug-likeness (QED) is 0.788. The Kier molecular flexibility index (Phi) is 7.41. The van der Waals surface area contributed by atoms with E-state index in [1.807, 2.05) is 6.92 Å². The highest BCUT2D eigenvalue weighted by atomic mass is 35.5. The van der Waals surface area contributed by atoms with E-state index in [-0.39, 0.29) is 35.3 Å². The Bertz CT molecular complexity index is 712. The molecule has 1 atom stereocenters. The zero-order chi connectivity index (χ0) is 20.0. The van der Waals surface area contributed by atoms with Gasteiger partial charge in [0.2, 0.25) is 11.8 Å². The molecule has 1 fully saturated rings. The summed E-state index contributed by atoms with van der Waals surface area (Å²) in [5.41, 5.74) is 0.371. The molecule has 148 valence electrons. The molecule has 1 aromatic heterocycles. The van der Waals surface area contributed by atoms with E-state index in [1.54, 1.807) is 4.90 Å². The Hall–Kier alpha value is -2.35. The highest BCUT2D eigenvalue weighted by Crippen LogP contribution is 2.24. The van der Waals surface area contributed by atoms with Gasteiger partial charge in [-0.05, 0) is 32.3 Å². The highest BCUT2D eigenvalue weighted by Gasteiger charge is 2.28. The molecule has 1 saturated heterocycles. The lowest BCUT2D eigenvalue weighted by atomic mass is 10.1. The molecule has 2 heterocycles. The number of amides is 2. The minimum atomic E-state index is -1.04. The van der Waals surface area contributed by atoms with Crippen LogP contribution in [0.5, 0.6) is 5.88 Å². The van der Waals surface area contributed by atoms with Crippen molar-refractivity contribution >= 4 is 29.4 Å². The first-order valence-corrected chi connectivity index (χ1v) is 9.27. The van der Waals surface area contributed by atoms with Crippen molar-refractivity contribution in [3.05, 3.63) is 22.8 Å². The van der Waals surface area contributed by atoms with E-state index in [4.69, 9.17) is 21.4 Å². The molecule has 8 nitrogen and oxygen atoms in total. The van der Waals surface area contributed by atoms with Gasteiger partial charge in [-0.25, -0.2) is 4.98 Å². The molecule has 0 radical (unpaired) electrons. The molecular weight excluding hydrogens is 374 g/mol. The van der Waals surface area contributed by atoms with Gasteiger partial charge in [-0.2, -0.15) is 0 Å². The van der Waals surface area contributed by atoms with Gasteiger partial charge in [0, 0.05) is 32.3 Å². The van der Waals surface area contributed by atoms with Crippen molar-refractivity contribution in [1.82, 2.24) is 14.8 Å². The fraction of sp³-hybridized carbons (Fsp3) is 0.556. The maximum absolute atomic E-state index is 12.8. The van der Waals surface area contributed by atoms with E-state index < -0.39 is 5.97 Å². The van der Waals surface area contributed by atoms with Gasteiger partial charge < -0.3 is 19.6 Å². The van der Waals surface area contributed by atoms with E-state index in [9.17, 15) is 14.4 Å². The van der Waals surface area contributed by atoms with Crippen LogP contribution in [0.3, 0.4) is 0 Å². The number of likely N-dealkylation sites (tertiary alicyclic amines) is 1. The van der Waals surface area contributed by atoms with Crippen LogP contribution in [0, 0.1) is 0 Å². The van der Waals surface area contributed by atoms with E-state index in [0.717, 1.165) is 0 Å². The number of aromatic nitrogens is 1. The molecular formula is C18H24ClN3O5. The van der Waals surface area contributed by atoms with Crippen molar-refractivity contribution in [2.45, 2.75) is 39.2 Å². The van der Waals surface area contributed by atoms with Crippen LogP contribution in [-0.4, -0.2) is 70.0 Å². The molecule has 27 heavy (non-hydrogen) atoms. The van der Waals surface area contributed by atoms with E-state index in [1.165, 1.54) is 24.1 Å². The summed E-state index contributed by atoms with van der Waals surface area (Å²) in [5, 5.41) is 9.30. The summed E-state index contributed by atoms with van der Waals surface area (Å²) in [6.07, 6.45) is 3.29. The normalized spacial score (nSPS) is 17.1. The lowest BCUT2D eigenvalue weighted by Crippen LogP contribution is -2.43. The summed E-state index contributed by atoms with van der Waals surface area (Å²) in [6.45, 7) is 4.24. The number of carboxylic acid groups (broad SMARTS) is 1. The van der Waals surface area contributed by atoms with Gasteiger partial charge in [0.1, 0.15) is 11.6 Å². The average molecular weight is 398 g/mol. The summed E-state index contributed by atoms with van der Waals surface area (Å²) in [6, 6.07) is 1.34. The Labute approximate surface area is 163 Å². The van der Waals surface area contributed by atoms with Crippen molar-refractivity contribution < 1.29 is 24.2 Å². The van der Waals surface area contributed by atoms with E-state index >= 15 is 0 Å². The highest BCUT2D eigenvalue weighted by molar-refractivity contribution is 6.32. The fourth-order valence-corrected chi connectivity index (χ4v) is 3.43. The summed E-state index contributed by atoms with van der Waals surface area (Å²) < 4.78 is 5.28. The predicted octanol–water partition coefficient (Wildman–Crippen LogP) is 2.06. The second-order valence-electron chi connectivity index (χ2n) is 6.36. The number of nitrogens with zero attached hydrogens (tertiary/aromatic N) is 3. The number of carbonyl (C=O) groups is 3. The van der Waals surface area contributed by atoms with Gasteiger partial charge in [0.05, 0.1) is 12.2 Å². The summed E-state index contributed by atoms with van der Waals surface area (Å²) in [7, 11) is 0. The van der Waals surface area contributed by atoms with Gasteiger partial charge in [0.15, 0.2) is 0 Å². The lowest BCUT2D eigenvalue weighted by Gasteiger charge is -2.28. The molecule has 1 unspecified atom stereocenters. The molecule has 0 bridgehead atoms. The Morgan fingerprint density at radius 2 is 2.11 bits per heavy atom. The minimum Gasteiger partial charge on any atom is -0.480 e. The molecule has 2 rings (SSSR count). The second kappa shape index (κ2) is 9.55. The first kappa shape index (κ1) is 21.0. The Morgan fingerprint density at radius 3 is 2.70 bits per heavy atom. The Morgan fingerprint density at radius 1 is 1.37 bits per heavy atom. The summed E-state index contributed by atoms with van der Waals surface area (Å²) in [4.78, 5) is 42.7. The number of halogens is 1. The number of ether oxygens (including phenoxy) is 1. The minimum absolute atomic E-state index is 0.194. The van der Waals surface area contributed by atoms with Crippen LogP contribution in [0.2, 0.25) is 5.02 Å². The van der Waals surface area contributed by atoms with Crippen LogP contribution >= 0.6 is 11.6 Å². The summed E-state index contributed by atoms with van der Waals surface area (Å²) >= 11 is 6.11. The fourth-order valence-electron chi connectivity index (χ4n) is 3.20. The van der Waals surface area contributed by atoms with Crippen molar-refractivity contribution in [3.8, 4) is 5.88 Å². The molecule has 0 aliphatic carbocycles. The first-order chi connectivity index (χ1) is 12.8. The zero-order valence-corrected chi connectivity index (χ0v) is 16.2. The largest absolute Gasteiger partial charge is 0.480 e. The third kappa shape index (κ3) is 5.56. The molecule has 2 amide bonds. The van der Waals surface area contributed by atoms with Crippen LogP contribution < -0.4 is 4.74 Å². The molecule has 1 aliphatic rings. The van der Waals surface area contributed by atoms with Crippen LogP contribution in [0.15, 0.2) is 12.3 Å². The van der Waals surface area contributed by atoms with Gasteiger partial charge in [0.25, 0.3) is 5.91 Å². The molecule has 0 spiro atoms. The van der Waals surface area contributed by atoms with Gasteiger partial charge >= 0.3 is 5.97 Å². The van der Waals surface area contributed by atoms with Gasteiger partial charge in [-0.15, -0.1) is 0 Å². The number of carbonyl (C=O) groups excluding carboxylic acids is 2. The third-order valence-electron chi connectivity index (χ3n) is 4.47. The monoisotopic (exact) mass is 397 g/mol. The SMILES string of the molecule is CCOc1ncc(C(=O)N2CCCC(N(CC(=O)O)C(C)=O)CC2)cc1Cl. The smallest absolute Gasteiger partial charge is 0.323 e. The maximum Gasteiger partial charge on any atom is 0.323 e. The van der Waals surface area contributed by atoms with Crippen molar-refractivity contribution in [2.75, 3.05) is 26.2 Å². The number of rotatable bonds is 6. The lowest BCUT2D eigenvalue weighted by molar-refractivity contribution is -0.145. The first-order valence-electron chi connectivity index (χ1n) is 8.90. The standard InChI is InChI=1S/C18H24ClN3O5/c1-3-27-17-15(19)9-13(10-20-17)18(26)21-7-4-5-14(6-8-21)22(12(2)23)11-16(24)25/h9-10,14H,3-8,11H2,1-2H3,(H,24,25). The number of hydrogen-bond donors (Lipinski definition) is 1. The van der Waals surface area contributed by atoms with Gasteiger partial charge in [-0.3, -0.25) is 14.4 Å². The van der Waals surface area contributed by atoms with Crippen molar-refractivity contribution in [1.29, 1.82) is 0 Å². The number of carboxylic acids is 1. The van der Waals surface area contributed by atoms with Crippen LogP contribution in [0.1, 0.15) is 43.5 Å². The van der Waals surface area contributed by atoms with Crippen LogP contribution in [0.4, 0.5) is 0 Å².